The van der Waals surface area contributed by atoms with E-state index in [1.165, 1.54) is 12.1 Å². The van der Waals surface area contributed by atoms with Gasteiger partial charge in [-0.3, -0.25) is 9.59 Å². The summed E-state index contributed by atoms with van der Waals surface area (Å²) < 4.78 is 0. The first-order chi connectivity index (χ1) is 8.16. The molecule has 0 atom stereocenters. The summed E-state index contributed by atoms with van der Waals surface area (Å²) in [6.07, 6.45) is 0. The van der Waals surface area contributed by atoms with E-state index in [1.807, 2.05) is 16.8 Å². The van der Waals surface area contributed by atoms with Gasteiger partial charge in [-0.05, 0) is 28.5 Å². The fraction of sp³-hybridized carbons (Fsp3) is 0.182. The standard InChI is InChI=1S/C11H11N3O2S/c1-14(6-8-4-5-17-7-8)11(16)9-2-3-10(15)13-12-9/h2-5,7H,6H2,1H3,(H,13,15). The highest BCUT2D eigenvalue weighted by Crippen LogP contribution is 2.09. The number of hydrogen-bond donors (Lipinski definition) is 1. The molecular weight excluding hydrogens is 238 g/mol. The average molecular weight is 249 g/mol. The lowest BCUT2D eigenvalue weighted by molar-refractivity contribution is 0.0778. The molecule has 17 heavy (non-hydrogen) atoms. The van der Waals surface area contributed by atoms with E-state index in [0.29, 0.717) is 6.54 Å². The summed E-state index contributed by atoms with van der Waals surface area (Å²) >= 11 is 1.59. The zero-order chi connectivity index (χ0) is 12.3. The van der Waals surface area contributed by atoms with Crippen LogP contribution in [0.5, 0.6) is 0 Å². The Labute approximate surface area is 102 Å². The second-order valence-corrected chi connectivity index (χ2v) is 4.38. The molecule has 0 radical (unpaired) electrons. The zero-order valence-electron chi connectivity index (χ0n) is 9.21. The molecule has 2 rings (SSSR count). The number of rotatable bonds is 3. The molecule has 0 spiro atoms. The molecule has 0 aliphatic carbocycles. The van der Waals surface area contributed by atoms with E-state index in [0.717, 1.165) is 5.56 Å². The van der Waals surface area contributed by atoms with Crippen molar-refractivity contribution in [3.8, 4) is 0 Å². The molecule has 88 valence electrons. The Balaban J connectivity index is 2.09. The van der Waals surface area contributed by atoms with E-state index in [2.05, 4.69) is 10.2 Å². The first-order valence-corrected chi connectivity index (χ1v) is 5.93. The Kier molecular flexibility index (Phi) is 3.34. The molecule has 0 aromatic carbocycles. The van der Waals surface area contributed by atoms with Crippen molar-refractivity contribution in [3.05, 3.63) is 50.6 Å². The third-order valence-corrected chi connectivity index (χ3v) is 2.98. The number of H-pyrrole nitrogens is 1. The lowest BCUT2D eigenvalue weighted by Crippen LogP contribution is -2.27. The van der Waals surface area contributed by atoms with Gasteiger partial charge in [-0.2, -0.15) is 16.4 Å². The van der Waals surface area contributed by atoms with Crippen LogP contribution in [0.3, 0.4) is 0 Å². The molecule has 0 saturated carbocycles. The van der Waals surface area contributed by atoms with Crippen molar-refractivity contribution in [1.29, 1.82) is 0 Å². The fourth-order valence-corrected chi connectivity index (χ4v) is 2.05. The van der Waals surface area contributed by atoms with Crippen molar-refractivity contribution in [2.45, 2.75) is 6.54 Å². The van der Waals surface area contributed by atoms with Crippen LogP contribution >= 0.6 is 11.3 Å². The quantitative estimate of drug-likeness (QED) is 0.886. The first kappa shape index (κ1) is 11.5. The Morgan fingerprint density at radius 3 is 2.88 bits per heavy atom. The number of aromatic amines is 1. The Bertz CT molecular complexity index is 542. The highest BCUT2D eigenvalue weighted by molar-refractivity contribution is 7.07. The number of aromatic nitrogens is 2. The van der Waals surface area contributed by atoms with Crippen LogP contribution in [0.4, 0.5) is 0 Å². The molecule has 0 fully saturated rings. The van der Waals surface area contributed by atoms with Crippen LogP contribution in [0, 0.1) is 0 Å². The molecule has 0 saturated heterocycles. The number of amides is 1. The average Bonchev–Trinajstić information content (AvgIpc) is 2.82. The van der Waals surface area contributed by atoms with Gasteiger partial charge >= 0.3 is 0 Å². The highest BCUT2D eigenvalue weighted by Gasteiger charge is 2.13. The van der Waals surface area contributed by atoms with Gasteiger partial charge < -0.3 is 4.90 Å². The van der Waals surface area contributed by atoms with Crippen LogP contribution in [0.2, 0.25) is 0 Å². The monoisotopic (exact) mass is 249 g/mol. The van der Waals surface area contributed by atoms with Crippen molar-refractivity contribution >= 4 is 17.2 Å². The maximum absolute atomic E-state index is 11.9. The number of carbonyl (C=O) groups excluding carboxylic acids is 1. The van der Waals surface area contributed by atoms with Gasteiger partial charge in [0.15, 0.2) is 0 Å². The number of carbonyl (C=O) groups is 1. The maximum Gasteiger partial charge on any atom is 0.274 e. The molecule has 5 nitrogen and oxygen atoms in total. The van der Waals surface area contributed by atoms with E-state index in [-0.39, 0.29) is 17.2 Å². The third kappa shape index (κ3) is 2.79. The summed E-state index contributed by atoms with van der Waals surface area (Å²) in [4.78, 5) is 24.3. The third-order valence-electron chi connectivity index (χ3n) is 2.24. The lowest BCUT2D eigenvalue weighted by Gasteiger charge is -2.15. The van der Waals surface area contributed by atoms with Gasteiger partial charge in [0.25, 0.3) is 11.5 Å². The van der Waals surface area contributed by atoms with Gasteiger partial charge in [0.05, 0.1) is 0 Å². The smallest absolute Gasteiger partial charge is 0.274 e. The normalized spacial score (nSPS) is 10.2. The van der Waals surface area contributed by atoms with Gasteiger partial charge in [0.2, 0.25) is 0 Å². The molecular formula is C11H11N3O2S. The zero-order valence-corrected chi connectivity index (χ0v) is 10.0. The van der Waals surface area contributed by atoms with Gasteiger partial charge in [-0.25, -0.2) is 5.10 Å². The van der Waals surface area contributed by atoms with Gasteiger partial charge in [-0.1, -0.05) is 0 Å². The van der Waals surface area contributed by atoms with Gasteiger partial charge in [0.1, 0.15) is 5.69 Å². The molecule has 2 aromatic rings. The minimum Gasteiger partial charge on any atom is -0.336 e. The Morgan fingerprint density at radius 1 is 1.47 bits per heavy atom. The number of nitrogens with one attached hydrogen (secondary N) is 1. The van der Waals surface area contributed by atoms with Crippen molar-refractivity contribution in [3.63, 3.8) is 0 Å². The van der Waals surface area contributed by atoms with E-state index in [4.69, 9.17) is 0 Å². The minimum absolute atomic E-state index is 0.215. The predicted octanol–water partition coefficient (Wildman–Crippen LogP) is 1.10. The molecule has 0 unspecified atom stereocenters. The summed E-state index contributed by atoms with van der Waals surface area (Å²) in [5.74, 6) is -0.215. The van der Waals surface area contributed by atoms with Crippen LogP contribution in [0.25, 0.3) is 0 Å². The summed E-state index contributed by atoms with van der Waals surface area (Å²) in [7, 11) is 1.70. The van der Waals surface area contributed by atoms with Crippen molar-refractivity contribution in [1.82, 2.24) is 15.1 Å². The van der Waals surface area contributed by atoms with E-state index < -0.39 is 0 Å². The molecule has 6 heteroatoms. The second-order valence-electron chi connectivity index (χ2n) is 3.60. The Hall–Kier alpha value is -1.95. The highest BCUT2D eigenvalue weighted by atomic mass is 32.1. The van der Waals surface area contributed by atoms with Crippen LogP contribution in [0.1, 0.15) is 16.1 Å². The van der Waals surface area contributed by atoms with Crippen LogP contribution in [0.15, 0.2) is 33.8 Å². The lowest BCUT2D eigenvalue weighted by atomic mass is 10.3. The summed E-state index contributed by atoms with van der Waals surface area (Å²) in [6, 6.07) is 4.68. The van der Waals surface area contributed by atoms with Gasteiger partial charge in [-0.15, -0.1) is 0 Å². The minimum atomic E-state index is -0.318. The van der Waals surface area contributed by atoms with Crippen molar-refractivity contribution in [2.24, 2.45) is 0 Å². The molecule has 2 heterocycles. The topological polar surface area (TPSA) is 66.1 Å². The molecule has 0 aliphatic rings. The molecule has 1 amide bonds. The van der Waals surface area contributed by atoms with E-state index in [1.54, 1.807) is 23.3 Å². The van der Waals surface area contributed by atoms with Crippen molar-refractivity contribution in [2.75, 3.05) is 7.05 Å². The second kappa shape index (κ2) is 4.92. The molecule has 0 aliphatic heterocycles. The van der Waals surface area contributed by atoms with Crippen LogP contribution in [-0.4, -0.2) is 28.1 Å². The SMILES string of the molecule is CN(Cc1ccsc1)C(=O)c1ccc(=O)[nH]n1. The van der Waals surface area contributed by atoms with Crippen LogP contribution in [-0.2, 0) is 6.54 Å². The number of thiophene rings is 1. The molecule has 2 aromatic heterocycles. The first-order valence-electron chi connectivity index (χ1n) is 4.99. The summed E-state index contributed by atoms with van der Waals surface area (Å²) in [5.41, 5.74) is 1.000. The Morgan fingerprint density at radius 2 is 2.29 bits per heavy atom. The van der Waals surface area contributed by atoms with E-state index in [9.17, 15) is 9.59 Å². The maximum atomic E-state index is 11.9. The number of nitrogens with zero attached hydrogens (tertiary/aromatic N) is 2. The predicted molar refractivity (Wildman–Crippen MR) is 65.0 cm³/mol. The molecule has 0 bridgehead atoms. The van der Waals surface area contributed by atoms with Gasteiger partial charge in [0, 0.05) is 19.7 Å². The van der Waals surface area contributed by atoms with Crippen LogP contribution < -0.4 is 5.56 Å². The van der Waals surface area contributed by atoms with E-state index >= 15 is 0 Å². The summed E-state index contributed by atoms with van der Waals surface area (Å²) in [5, 5.41) is 9.90. The largest absolute Gasteiger partial charge is 0.336 e. The fourth-order valence-electron chi connectivity index (χ4n) is 1.39. The molecule has 1 N–H and O–H groups in total. The van der Waals surface area contributed by atoms with Crippen molar-refractivity contribution < 1.29 is 4.79 Å². The number of hydrogen-bond acceptors (Lipinski definition) is 4. The summed E-state index contributed by atoms with van der Waals surface area (Å²) in [6.45, 7) is 0.531.